The van der Waals surface area contributed by atoms with Gasteiger partial charge < -0.3 is 4.90 Å². The number of rotatable bonds is 2. The fourth-order valence-electron chi connectivity index (χ4n) is 5.88. The minimum Gasteiger partial charge on any atom is -0.300 e. The molecule has 1 aromatic carbocycles. The third-order valence-electron chi connectivity index (χ3n) is 7.43. The Morgan fingerprint density at radius 3 is 2.35 bits per heavy atom. The molecule has 2 aliphatic heterocycles. The Balaban J connectivity index is 0.00000168. The summed E-state index contributed by atoms with van der Waals surface area (Å²) in [5.41, 5.74) is 3.11. The van der Waals surface area contributed by atoms with Crippen molar-refractivity contribution in [3.8, 4) is 0 Å². The van der Waals surface area contributed by atoms with Crippen molar-refractivity contribution in [1.29, 1.82) is 0 Å². The molecule has 0 spiro atoms. The number of halogens is 1. The molecule has 140 valence electrons. The molecule has 3 aliphatic rings. The molecule has 3 heteroatoms. The molecule has 2 unspecified atom stereocenters. The van der Waals surface area contributed by atoms with Crippen molar-refractivity contribution in [2.45, 2.75) is 81.7 Å². The first-order valence-corrected chi connectivity index (χ1v) is 10.4. The maximum Gasteiger partial charge on any atom is 0.0346 e. The molecule has 1 aromatic heterocycles. The van der Waals surface area contributed by atoms with Crippen LogP contribution < -0.4 is 0 Å². The van der Waals surface area contributed by atoms with E-state index in [4.69, 9.17) is 0 Å². The number of hydrogen-bond donors (Lipinski definition) is 0. The molecule has 2 aromatic rings. The van der Waals surface area contributed by atoms with Crippen molar-refractivity contribution in [2.24, 2.45) is 0 Å². The lowest BCUT2D eigenvalue weighted by Gasteiger charge is -2.36. The van der Waals surface area contributed by atoms with Crippen LogP contribution in [0.1, 0.15) is 80.8 Å². The van der Waals surface area contributed by atoms with Crippen LogP contribution in [0.4, 0.5) is 0 Å². The van der Waals surface area contributed by atoms with Crippen molar-refractivity contribution < 1.29 is 0 Å². The van der Waals surface area contributed by atoms with Crippen LogP contribution in [0.25, 0.3) is 10.8 Å². The molecule has 2 bridgehead atoms. The summed E-state index contributed by atoms with van der Waals surface area (Å²) in [6, 6.07) is 8.82. The SMILES string of the molecule is Br.CN1C2CCC1CC(c1cncc3ccc(C4CCCCC4)cc13)C2. The van der Waals surface area contributed by atoms with Gasteiger partial charge in [-0.25, -0.2) is 0 Å². The highest BCUT2D eigenvalue weighted by atomic mass is 79.9. The van der Waals surface area contributed by atoms with Crippen molar-refractivity contribution in [1.82, 2.24) is 9.88 Å². The predicted molar refractivity (Wildman–Crippen MR) is 114 cm³/mol. The van der Waals surface area contributed by atoms with E-state index in [0.29, 0.717) is 5.92 Å². The first-order chi connectivity index (χ1) is 12.3. The van der Waals surface area contributed by atoms with E-state index in [-0.39, 0.29) is 17.0 Å². The number of aromatic nitrogens is 1. The van der Waals surface area contributed by atoms with Crippen LogP contribution in [-0.4, -0.2) is 29.0 Å². The molecular formula is C23H31BrN2. The number of nitrogens with zero attached hydrogens (tertiary/aromatic N) is 2. The number of fused-ring (bicyclic) bond motifs is 3. The van der Waals surface area contributed by atoms with Gasteiger partial charge in [0.25, 0.3) is 0 Å². The molecule has 0 N–H and O–H groups in total. The van der Waals surface area contributed by atoms with Crippen molar-refractivity contribution >= 4 is 27.8 Å². The van der Waals surface area contributed by atoms with Gasteiger partial charge >= 0.3 is 0 Å². The maximum atomic E-state index is 4.61. The minimum absolute atomic E-state index is 0. The van der Waals surface area contributed by atoms with Crippen molar-refractivity contribution in [3.05, 3.63) is 41.7 Å². The van der Waals surface area contributed by atoms with E-state index in [0.717, 1.165) is 18.0 Å². The van der Waals surface area contributed by atoms with Gasteiger partial charge in [0.15, 0.2) is 0 Å². The van der Waals surface area contributed by atoms with Gasteiger partial charge in [0.1, 0.15) is 0 Å². The zero-order valence-electron chi connectivity index (χ0n) is 15.9. The molecule has 3 heterocycles. The number of piperidine rings is 1. The maximum absolute atomic E-state index is 4.61. The molecule has 1 saturated carbocycles. The van der Waals surface area contributed by atoms with Crippen LogP contribution in [-0.2, 0) is 0 Å². The summed E-state index contributed by atoms with van der Waals surface area (Å²) >= 11 is 0. The minimum atomic E-state index is 0. The Morgan fingerprint density at radius 2 is 1.62 bits per heavy atom. The Bertz CT molecular complexity index is 754. The fourth-order valence-corrected chi connectivity index (χ4v) is 5.88. The number of pyridine rings is 1. The van der Waals surface area contributed by atoms with Gasteiger partial charge in [-0.15, -0.1) is 17.0 Å². The first-order valence-electron chi connectivity index (χ1n) is 10.4. The second-order valence-electron chi connectivity index (χ2n) is 8.76. The quantitative estimate of drug-likeness (QED) is 0.581. The highest BCUT2D eigenvalue weighted by Crippen LogP contribution is 2.44. The van der Waals surface area contributed by atoms with E-state index < -0.39 is 0 Å². The van der Waals surface area contributed by atoms with Gasteiger partial charge in [-0.05, 0) is 73.9 Å². The third-order valence-corrected chi connectivity index (χ3v) is 7.43. The van der Waals surface area contributed by atoms with E-state index >= 15 is 0 Å². The van der Waals surface area contributed by atoms with Gasteiger partial charge in [0.2, 0.25) is 0 Å². The lowest BCUT2D eigenvalue weighted by atomic mass is 9.81. The van der Waals surface area contributed by atoms with Crippen LogP contribution >= 0.6 is 17.0 Å². The summed E-state index contributed by atoms with van der Waals surface area (Å²) < 4.78 is 0. The van der Waals surface area contributed by atoms with Gasteiger partial charge in [-0.1, -0.05) is 37.5 Å². The van der Waals surface area contributed by atoms with Crippen LogP contribution in [0.5, 0.6) is 0 Å². The highest BCUT2D eigenvalue weighted by molar-refractivity contribution is 8.93. The molecule has 26 heavy (non-hydrogen) atoms. The normalized spacial score (nSPS) is 29.7. The van der Waals surface area contributed by atoms with Gasteiger partial charge in [-0.3, -0.25) is 4.98 Å². The van der Waals surface area contributed by atoms with E-state index in [9.17, 15) is 0 Å². The fraction of sp³-hybridized carbons (Fsp3) is 0.609. The van der Waals surface area contributed by atoms with Gasteiger partial charge in [-0.2, -0.15) is 0 Å². The summed E-state index contributed by atoms with van der Waals surface area (Å²) in [6.07, 6.45) is 16.7. The Labute approximate surface area is 168 Å². The van der Waals surface area contributed by atoms with Crippen LogP contribution in [0.2, 0.25) is 0 Å². The van der Waals surface area contributed by atoms with Crippen LogP contribution in [0, 0.1) is 0 Å². The molecular weight excluding hydrogens is 384 g/mol. The zero-order valence-corrected chi connectivity index (χ0v) is 17.6. The van der Waals surface area contributed by atoms with E-state index in [1.54, 1.807) is 5.56 Å². The Morgan fingerprint density at radius 1 is 0.885 bits per heavy atom. The molecule has 3 fully saturated rings. The van der Waals surface area contributed by atoms with Crippen molar-refractivity contribution in [3.63, 3.8) is 0 Å². The molecule has 2 saturated heterocycles. The lowest BCUT2D eigenvalue weighted by molar-refractivity contribution is 0.162. The monoisotopic (exact) mass is 414 g/mol. The third kappa shape index (κ3) is 3.22. The second-order valence-corrected chi connectivity index (χ2v) is 8.76. The zero-order chi connectivity index (χ0) is 16.8. The summed E-state index contributed by atoms with van der Waals surface area (Å²) in [6.45, 7) is 0. The lowest BCUT2D eigenvalue weighted by Crippen LogP contribution is -2.39. The molecule has 1 aliphatic carbocycles. The molecule has 5 rings (SSSR count). The smallest absolute Gasteiger partial charge is 0.0346 e. The van der Waals surface area contributed by atoms with Crippen LogP contribution in [0.15, 0.2) is 30.6 Å². The summed E-state index contributed by atoms with van der Waals surface area (Å²) in [5.74, 6) is 1.49. The summed E-state index contributed by atoms with van der Waals surface area (Å²) in [5, 5.41) is 2.83. The average molecular weight is 415 g/mol. The molecule has 0 amide bonds. The average Bonchev–Trinajstić information content (AvgIpc) is 2.88. The van der Waals surface area contributed by atoms with E-state index in [2.05, 4.69) is 47.5 Å². The Kier molecular flexibility index (Phi) is 5.38. The first kappa shape index (κ1) is 18.4. The Hall–Kier alpha value is -0.930. The summed E-state index contributed by atoms with van der Waals surface area (Å²) in [7, 11) is 2.33. The number of hydrogen-bond acceptors (Lipinski definition) is 2. The molecule has 0 radical (unpaired) electrons. The largest absolute Gasteiger partial charge is 0.300 e. The van der Waals surface area contributed by atoms with Gasteiger partial charge in [0.05, 0.1) is 0 Å². The standard InChI is InChI=1S/C23H30N2.BrH/c1-25-20-9-10-21(25)12-19(11-20)23-15-24-14-18-8-7-17(13-22(18)23)16-5-3-2-4-6-16;/h7-8,13-16,19-21H,2-6,9-12H2,1H3;1H. The van der Waals surface area contributed by atoms with E-state index in [1.807, 2.05) is 0 Å². The van der Waals surface area contributed by atoms with Crippen LogP contribution in [0.3, 0.4) is 0 Å². The molecule has 2 nitrogen and oxygen atoms in total. The summed E-state index contributed by atoms with van der Waals surface area (Å²) in [4.78, 5) is 7.25. The number of benzene rings is 1. The molecule has 2 atom stereocenters. The predicted octanol–water partition coefficient (Wildman–Crippen LogP) is 6.20. The van der Waals surface area contributed by atoms with Crippen molar-refractivity contribution in [2.75, 3.05) is 7.05 Å². The van der Waals surface area contributed by atoms with Gasteiger partial charge in [0, 0.05) is 29.9 Å². The van der Waals surface area contributed by atoms with E-state index in [1.165, 1.54) is 74.1 Å². The second kappa shape index (κ2) is 7.59. The highest BCUT2D eigenvalue weighted by Gasteiger charge is 2.39. The topological polar surface area (TPSA) is 16.1 Å².